The van der Waals surface area contributed by atoms with Gasteiger partial charge in [-0.25, -0.2) is 0 Å². The van der Waals surface area contributed by atoms with Crippen molar-refractivity contribution in [2.24, 2.45) is 5.11 Å². The largest absolute Gasteiger partial charge is 0.488 e. The van der Waals surface area contributed by atoms with Gasteiger partial charge in [0.1, 0.15) is 5.75 Å². The van der Waals surface area contributed by atoms with Crippen LogP contribution in [0.4, 0.5) is 9.57 Å². The molecule has 1 fully saturated rings. The number of piperazine rings is 1. The number of azide groups is 1. The first-order valence-corrected chi connectivity index (χ1v) is 7.95. The Bertz CT molecular complexity index is 697. The smallest absolute Gasteiger partial charge is 0.358 e. The average Bonchev–Trinajstić information content (AvgIpc) is 2.43. The van der Waals surface area contributed by atoms with Crippen molar-refractivity contribution in [3.63, 3.8) is 0 Å². The molecule has 1 aliphatic heterocycles. The van der Waals surface area contributed by atoms with Gasteiger partial charge in [0.05, 0.1) is 0 Å². The summed E-state index contributed by atoms with van der Waals surface area (Å²) in [4.78, 5) is 4.85. The summed E-state index contributed by atoms with van der Waals surface area (Å²) in [5.74, 6) is -0.208. The summed E-state index contributed by atoms with van der Waals surface area (Å²) < 4.78 is 38.3. The number of hydrogen-bond acceptors (Lipinski definition) is 6. The van der Waals surface area contributed by atoms with Gasteiger partial charge in [0.2, 0.25) is 0 Å². The number of nitrogens with zero attached hydrogens (tertiary/aromatic N) is 4. The Morgan fingerprint density at radius 1 is 1.45 bits per heavy atom. The van der Waals surface area contributed by atoms with E-state index in [1.165, 1.54) is 12.1 Å². The zero-order chi connectivity index (χ0) is 16.2. The summed E-state index contributed by atoms with van der Waals surface area (Å²) in [6.07, 6.45) is 0. The minimum absolute atomic E-state index is 0.208. The number of benzene rings is 1. The lowest BCUT2D eigenvalue weighted by Crippen LogP contribution is -2.43. The van der Waals surface area contributed by atoms with E-state index in [1.54, 1.807) is 6.92 Å². The minimum atomic E-state index is -5.13. The monoisotopic (exact) mass is 329 g/mol. The van der Waals surface area contributed by atoms with Gasteiger partial charge in [0.25, 0.3) is 0 Å². The molecule has 0 aliphatic carbocycles. The second-order valence-electron chi connectivity index (χ2n) is 4.92. The molecule has 1 heterocycles. The highest BCUT2D eigenvalue weighted by Crippen LogP contribution is 2.30. The quantitative estimate of drug-likeness (QED) is 0.384. The molecule has 0 atom stereocenters. The third-order valence-corrected chi connectivity index (χ3v) is 3.80. The Kier molecular flexibility index (Phi) is 5.19. The Morgan fingerprint density at radius 2 is 2.14 bits per heavy atom. The Balaban J connectivity index is 2.34. The molecule has 0 amide bonds. The number of hydrogen-bond donors (Lipinski definition) is 1. The predicted octanol–water partition coefficient (Wildman–Crippen LogP) is 1.94. The summed E-state index contributed by atoms with van der Waals surface area (Å²) in [6, 6.07) is 2.65. The van der Waals surface area contributed by atoms with Gasteiger partial charge in [-0.3, -0.25) is 4.90 Å². The zero-order valence-electron chi connectivity index (χ0n) is 12.0. The van der Waals surface area contributed by atoms with Crippen molar-refractivity contribution in [1.82, 2.24) is 10.2 Å². The lowest BCUT2D eigenvalue weighted by Gasteiger charge is -2.28. The van der Waals surface area contributed by atoms with Crippen molar-refractivity contribution in [2.75, 3.05) is 26.2 Å². The lowest BCUT2D eigenvalue weighted by atomic mass is 10.1. The first-order valence-electron chi connectivity index (χ1n) is 6.65. The minimum Gasteiger partial charge on any atom is -0.358 e. The van der Waals surface area contributed by atoms with E-state index in [0.717, 1.165) is 31.7 Å². The van der Waals surface area contributed by atoms with Crippen LogP contribution in [0, 0.1) is 6.92 Å². The van der Waals surface area contributed by atoms with Gasteiger partial charge < -0.3 is 9.50 Å². The maximum absolute atomic E-state index is 12.7. The second kappa shape index (κ2) is 6.93. The second-order valence-corrected chi connectivity index (χ2v) is 5.87. The van der Waals surface area contributed by atoms with E-state index in [4.69, 9.17) is 5.53 Å². The van der Waals surface area contributed by atoms with Gasteiger partial charge in [-0.2, -0.15) is 8.42 Å². The molecule has 1 aromatic rings. The van der Waals surface area contributed by atoms with Crippen molar-refractivity contribution in [3.8, 4) is 5.75 Å². The van der Waals surface area contributed by atoms with Crippen molar-refractivity contribution in [1.29, 1.82) is 0 Å². The van der Waals surface area contributed by atoms with Crippen molar-refractivity contribution in [2.45, 2.75) is 13.5 Å². The summed E-state index contributed by atoms with van der Waals surface area (Å²) in [5, 5.41) is 6.73. The molecule has 1 aliphatic rings. The summed E-state index contributed by atoms with van der Waals surface area (Å²) in [5.41, 5.74) is 10.2. The molecular formula is C12H16FN5O3S. The van der Waals surface area contributed by atoms with E-state index < -0.39 is 10.5 Å². The fourth-order valence-corrected chi connectivity index (χ4v) is 2.64. The highest BCUT2D eigenvalue weighted by Gasteiger charge is 2.16. The van der Waals surface area contributed by atoms with Gasteiger partial charge >= 0.3 is 10.5 Å². The van der Waals surface area contributed by atoms with Gasteiger partial charge in [-0.15, -0.1) is 0 Å². The average molecular weight is 329 g/mol. The van der Waals surface area contributed by atoms with E-state index in [9.17, 15) is 12.3 Å². The molecular weight excluding hydrogens is 313 g/mol. The van der Waals surface area contributed by atoms with Gasteiger partial charge in [0, 0.05) is 43.3 Å². The van der Waals surface area contributed by atoms with E-state index in [0.29, 0.717) is 12.1 Å². The Hall–Kier alpha value is -1.87. The number of rotatable bonds is 5. The van der Waals surface area contributed by atoms with Crippen molar-refractivity contribution in [3.05, 3.63) is 33.7 Å². The summed E-state index contributed by atoms with van der Waals surface area (Å²) >= 11 is 0. The van der Waals surface area contributed by atoms with Crippen LogP contribution >= 0.6 is 0 Å². The van der Waals surface area contributed by atoms with Crippen LogP contribution in [-0.4, -0.2) is 39.5 Å². The molecule has 0 aromatic heterocycles. The van der Waals surface area contributed by atoms with E-state index in [1.807, 2.05) is 0 Å². The maximum Gasteiger partial charge on any atom is 0.488 e. The molecule has 0 spiro atoms. The summed E-state index contributed by atoms with van der Waals surface area (Å²) in [6.45, 7) is 5.68. The standard InChI is InChI=1S/C12H16FN5O3S/c1-9-10(8-18-4-2-15-3-5-18)6-11(21-22(13,19)20)7-12(9)16-17-14/h6-7,15H,2-5,8H2,1H3. The third kappa shape index (κ3) is 4.57. The molecule has 0 bridgehead atoms. The molecule has 1 saturated heterocycles. The predicted molar refractivity (Wildman–Crippen MR) is 78.8 cm³/mol. The Morgan fingerprint density at radius 3 is 2.73 bits per heavy atom. The molecule has 1 N–H and O–H groups in total. The maximum atomic E-state index is 12.7. The Labute approximate surface area is 127 Å². The molecule has 1 aromatic carbocycles. The number of nitrogens with one attached hydrogen (secondary N) is 1. The zero-order valence-corrected chi connectivity index (χ0v) is 12.8. The van der Waals surface area contributed by atoms with Crippen molar-refractivity contribution >= 4 is 16.2 Å². The molecule has 0 unspecified atom stereocenters. The molecule has 0 saturated carbocycles. The van der Waals surface area contributed by atoms with Gasteiger partial charge in [0.15, 0.2) is 0 Å². The lowest BCUT2D eigenvalue weighted by molar-refractivity contribution is 0.232. The van der Waals surface area contributed by atoms with Gasteiger partial charge in [-0.1, -0.05) is 9.00 Å². The fourth-order valence-electron chi connectivity index (χ4n) is 2.32. The van der Waals surface area contributed by atoms with Crippen molar-refractivity contribution < 1.29 is 16.5 Å². The molecule has 0 radical (unpaired) electrons. The van der Waals surface area contributed by atoms with Crippen LogP contribution in [0.15, 0.2) is 17.2 Å². The van der Waals surface area contributed by atoms with Crippen LogP contribution in [0.1, 0.15) is 11.1 Å². The molecule has 120 valence electrons. The molecule has 22 heavy (non-hydrogen) atoms. The molecule has 10 heteroatoms. The van der Waals surface area contributed by atoms with Crippen LogP contribution in [0.3, 0.4) is 0 Å². The van der Waals surface area contributed by atoms with E-state index in [2.05, 4.69) is 24.4 Å². The first-order chi connectivity index (χ1) is 10.4. The molecule has 8 nitrogen and oxygen atoms in total. The summed E-state index contributed by atoms with van der Waals surface area (Å²) in [7, 11) is -5.13. The van der Waals surface area contributed by atoms with Crippen LogP contribution < -0.4 is 9.50 Å². The highest BCUT2D eigenvalue weighted by molar-refractivity contribution is 7.81. The van der Waals surface area contributed by atoms with Gasteiger partial charge in [-0.05, 0) is 35.7 Å². The highest BCUT2D eigenvalue weighted by atomic mass is 32.3. The van der Waals surface area contributed by atoms with Crippen LogP contribution in [0.5, 0.6) is 5.75 Å². The third-order valence-electron chi connectivity index (χ3n) is 3.41. The molecule has 2 rings (SSSR count). The van der Waals surface area contributed by atoms with E-state index >= 15 is 0 Å². The fraction of sp³-hybridized carbons (Fsp3) is 0.500. The van der Waals surface area contributed by atoms with Crippen LogP contribution in [0.2, 0.25) is 0 Å². The normalized spacial score (nSPS) is 16.1. The SMILES string of the molecule is Cc1c(CN2CCNCC2)cc(OS(=O)(=O)F)cc1N=[N+]=[N-]. The van der Waals surface area contributed by atoms with Crippen LogP contribution in [0.25, 0.3) is 10.4 Å². The van der Waals surface area contributed by atoms with Crippen LogP contribution in [-0.2, 0) is 17.0 Å². The first kappa shape index (κ1) is 16.5. The number of halogens is 1. The van der Waals surface area contributed by atoms with E-state index in [-0.39, 0.29) is 11.4 Å². The topological polar surface area (TPSA) is 107 Å².